The van der Waals surface area contributed by atoms with Crippen LogP contribution in [-0.4, -0.2) is 24.1 Å². The summed E-state index contributed by atoms with van der Waals surface area (Å²) >= 11 is 0. The highest BCUT2D eigenvalue weighted by Crippen LogP contribution is 2.38. The van der Waals surface area contributed by atoms with Gasteiger partial charge >= 0.3 is 0 Å². The van der Waals surface area contributed by atoms with Crippen LogP contribution in [0.3, 0.4) is 0 Å². The maximum Gasteiger partial charge on any atom is 0.238 e. The zero-order chi connectivity index (χ0) is 39.5. The van der Waals surface area contributed by atoms with Gasteiger partial charge in [0, 0.05) is 38.4 Å². The molecule has 0 saturated carbocycles. The van der Waals surface area contributed by atoms with E-state index in [9.17, 15) is 0 Å². The molecule has 3 heterocycles. The van der Waals surface area contributed by atoms with Crippen molar-refractivity contribution in [3.05, 3.63) is 206 Å². The molecule has 11 rings (SSSR count). The number of allylic oxidation sites excluding steroid dienone is 2. The summed E-state index contributed by atoms with van der Waals surface area (Å²) in [4.78, 5) is 15.6. The van der Waals surface area contributed by atoms with Gasteiger partial charge in [-0.25, -0.2) is 4.98 Å². The van der Waals surface area contributed by atoms with Gasteiger partial charge in [-0.2, -0.15) is 9.97 Å². The first-order valence-corrected chi connectivity index (χ1v) is 19.9. The Kier molecular flexibility index (Phi) is 8.12. The van der Waals surface area contributed by atoms with Gasteiger partial charge in [-0.3, -0.25) is 4.57 Å². The highest BCUT2D eigenvalue weighted by atomic mass is 15.2. The molecule has 5 heteroatoms. The van der Waals surface area contributed by atoms with E-state index in [0.717, 1.165) is 66.3 Å². The second-order valence-electron chi connectivity index (χ2n) is 15.0. The molecule has 0 radical (unpaired) electrons. The van der Waals surface area contributed by atoms with E-state index in [1.807, 2.05) is 6.08 Å². The van der Waals surface area contributed by atoms with Crippen molar-refractivity contribution < 1.29 is 0 Å². The predicted molar refractivity (Wildman–Crippen MR) is 246 cm³/mol. The van der Waals surface area contributed by atoms with Crippen LogP contribution < -0.4 is 0 Å². The summed E-state index contributed by atoms with van der Waals surface area (Å²) < 4.78 is 4.55. The van der Waals surface area contributed by atoms with E-state index in [4.69, 9.17) is 15.0 Å². The summed E-state index contributed by atoms with van der Waals surface area (Å²) in [5, 5.41) is 7.03. The molecule has 0 bridgehead atoms. The summed E-state index contributed by atoms with van der Waals surface area (Å²) in [5.74, 6) is 1.81. The summed E-state index contributed by atoms with van der Waals surface area (Å²) in [6, 6.07) is 62.6. The maximum absolute atomic E-state index is 5.25. The summed E-state index contributed by atoms with van der Waals surface area (Å²) in [7, 11) is 0. The lowest BCUT2D eigenvalue weighted by molar-refractivity contribution is 0.953. The van der Waals surface area contributed by atoms with E-state index in [1.54, 1.807) is 6.08 Å². The van der Waals surface area contributed by atoms with Crippen LogP contribution in [0.2, 0.25) is 0 Å². The number of hydrogen-bond donors (Lipinski definition) is 0. The topological polar surface area (TPSA) is 48.5 Å². The lowest BCUT2D eigenvalue weighted by atomic mass is 10.0. The Balaban J connectivity index is 1.10. The fourth-order valence-corrected chi connectivity index (χ4v) is 8.60. The molecule has 0 saturated heterocycles. The van der Waals surface area contributed by atoms with E-state index < -0.39 is 0 Å². The Morgan fingerprint density at radius 2 is 0.983 bits per heavy atom. The van der Waals surface area contributed by atoms with Crippen LogP contribution in [0.4, 0.5) is 0 Å². The molecular weight excluding hydrogens is 719 g/mol. The van der Waals surface area contributed by atoms with Crippen molar-refractivity contribution in [2.24, 2.45) is 0 Å². The van der Waals surface area contributed by atoms with E-state index in [1.165, 1.54) is 27.2 Å². The first-order valence-electron chi connectivity index (χ1n) is 19.9. The Bertz CT molecular complexity index is 3480. The molecule has 278 valence electrons. The SMILES string of the molecule is C=C/C=C\c1ccc(-c2nc(-c3ccc4ccccc4c3)nc(-n3c4ccccc4c4cc(-c5ccc6c(c5)c5ccccc5n6-c5ccccc5)ccc43)n2)cc1C. The van der Waals surface area contributed by atoms with Gasteiger partial charge in [-0.15, -0.1) is 0 Å². The number of nitrogens with zero attached hydrogens (tertiary/aromatic N) is 5. The molecule has 3 aromatic heterocycles. The molecule has 8 aromatic carbocycles. The Morgan fingerprint density at radius 3 is 1.66 bits per heavy atom. The largest absolute Gasteiger partial charge is 0.309 e. The number of hydrogen-bond acceptors (Lipinski definition) is 3. The molecule has 59 heavy (non-hydrogen) atoms. The Labute approximate surface area is 341 Å². The van der Waals surface area contributed by atoms with Crippen LogP contribution in [-0.2, 0) is 0 Å². The average molecular weight is 756 g/mol. The first kappa shape index (κ1) is 34.4. The quantitative estimate of drug-likeness (QED) is 0.152. The molecule has 0 amide bonds. The normalized spacial score (nSPS) is 11.8. The molecule has 11 aromatic rings. The predicted octanol–water partition coefficient (Wildman–Crippen LogP) is 13.7. The summed E-state index contributed by atoms with van der Waals surface area (Å²) in [6.45, 7) is 5.95. The second kappa shape index (κ2) is 13.9. The zero-order valence-electron chi connectivity index (χ0n) is 32.4. The standard InChI is InChI=1S/C54H37N5/c1-3-4-14-36-23-25-41(31-35(36)2)52-55-53(42-26-24-37-15-8-9-16-38(37)32-42)57-54(56-52)59-49-22-13-11-20-45(49)47-34-40(28-30-51(47)59)39-27-29-50-46(33-39)44-19-10-12-21-48(44)58(50)43-17-6-5-7-18-43/h3-34H,1H2,2H3/b14-4-. The third kappa shape index (κ3) is 5.82. The molecule has 0 unspecified atom stereocenters. The average Bonchev–Trinajstić information content (AvgIpc) is 3.81. The first-order chi connectivity index (χ1) is 29.1. The minimum absolute atomic E-state index is 0.570. The fourth-order valence-electron chi connectivity index (χ4n) is 8.60. The maximum atomic E-state index is 5.25. The zero-order valence-corrected chi connectivity index (χ0v) is 32.4. The van der Waals surface area contributed by atoms with Crippen LogP contribution in [0.25, 0.3) is 106 Å². The second-order valence-corrected chi connectivity index (χ2v) is 15.0. The third-order valence-corrected chi connectivity index (χ3v) is 11.5. The highest BCUT2D eigenvalue weighted by Gasteiger charge is 2.20. The fraction of sp³-hybridized carbons (Fsp3) is 0.0185. The van der Waals surface area contributed by atoms with Gasteiger partial charge < -0.3 is 4.57 Å². The molecule has 0 N–H and O–H groups in total. The van der Waals surface area contributed by atoms with E-state index >= 15 is 0 Å². The molecular formula is C54H37N5. The van der Waals surface area contributed by atoms with Crippen molar-refractivity contribution in [3.8, 4) is 45.5 Å². The van der Waals surface area contributed by atoms with Crippen molar-refractivity contribution in [1.82, 2.24) is 24.1 Å². The van der Waals surface area contributed by atoms with Crippen LogP contribution >= 0.6 is 0 Å². The van der Waals surface area contributed by atoms with Crippen molar-refractivity contribution in [3.63, 3.8) is 0 Å². The molecule has 0 aliphatic rings. The van der Waals surface area contributed by atoms with Crippen LogP contribution in [0.1, 0.15) is 11.1 Å². The van der Waals surface area contributed by atoms with Crippen molar-refractivity contribution >= 4 is 60.5 Å². The van der Waals surface area contributed by atoms with Crippen molar-refractivity contribution in [2.75, 3.05) is 0 Å². The van der Waals surface area contributed by atoms with Gasteiger partial charge in [-0.05, 0) is 101 Å². The smallest absolute Gasteiger partial charge is 0.238 e. The molecule has 0 spiro atoms. The van der Waals surface area contributed by atoms with Crippen LogP contribution in [0.15, 0.2) is 195 Å². The van der Waals surface area contributed by atoms with Gasteiger partial charge in [0.25, 0.3) is 0 Å². The van der Waals surface area contributed by atoms with E-state index in [-0.39, 0.29) is 0 Å². The van der Waals surface area contributed by atoms with Crippen LogP contribution in [0, 0.1) is 6.92 Å². The number of para-hydroxylation sites is 3. The van der Waals surface area contributed by atoms with E-state index in [2.05, 4.69) is 205 Å². The lowest BCUT2D eigenvalue weighted by Gasteiger charge is -2.12. The number of benzene rings is 8. The number of fused-ring (bicyclic) bond motifs is 7. The Hall–Kier alpha value is -7.89. The van der Waals surface area contributed by atoms with Gasteiger partial charge in [0.1, 0.15) is 0 Å². The highest BCUT2D eigenvalue weighted by molar-refractivity contribution is 6.12. The molecule has 5 nitrogen and oxygen atoms in total. The molecule has 0 fully saturated rings. The van der Waals surface area contributed by atoms with Gasteiger partial charge in [-0.1, -0.05) is 140 Å². The monoisotopic (exact) mass is 755 g/mol. The van der Waals surface area contributed by atoms with Gasteiger partial charge in [0.15, 0.2) is 11.6 Å². The third-order valence-electron chi connectivity index (χ3n) is 11.5. The number of rotatable bonds is 7. The summed E-state index contributed by atoms with van der Waals surface area (Å²) in [5.41, 5.74) is 12.0. The van der Waals surface area contributed by atoms with E-state index in [0.29, 0.717) is 17.6 Å². The Morgan fingerprint density at radius 1 is 0.441 bits per heavy atom. The minimum Gasteiger partial charge on any atom is -0.309 e. The molecule has 0 aliphatic heterocycles. The number of aromatic nitrogens is 5. The van der Waals surface area contributed by atoms with Gasteiger partial charge in [0.2, 0.25) is 5.95 Å². The molecule has 0 atom stereocenters. The van der Waals surface area contributed by atoms with Crippen molar-refractivity contribution in [2.45, 2.75) is 6.92 Å². The van der Waals surface area contributed by atoms with Gasteiger partial charge in [0.05, 0.1) is 22.1 Å². The lowest BCUT2D eigenvalue weighted by Crippen LogP contribution is -2.06. The number of aryl methyl sites for hydroxylation is 1. The van der Waals surface area contributed by atoms with Crippen LogP contribution in [0.5, 0.6) is 0 Å². The molecule has 0 aliphatic carbocycles. The summed E-state index contributed by atoms with van der Waals surface area (Å²) in [6.07, 6.45) is 5.82. The van der Waals surface area contributed by atoms with Crippen molar-refractivity contribution in [1.29, 1.82) is 0 Å². The minimum atomic E-state index is 0.570.